The number of benzene rings is 1. The molecule has 6 nitrogen and oxygen atoms in total. The normalized spacial score (nSPS) is 17.0. The molecule has 4 rings (SSSR count). The average Bonchev–Trinajstić information content (AvgIpc) is 3.30. The molecule has 1 amide bonds. The Morgan fingerprint density at radius 3 is 2.86 bits per heavy atom. The molecule has 3 aromatic rings. The maximum absolute atomic E-state index is 14.0. The van der Waals surface area contributed by atoms with E-state index in [1.807, 2.05) is 26.2 Å². The van der Waals surface area contributed by atoms with E-state index in [4.69, 9.17) is 4.52 Å². The number of piperidine rings is 1. The Balaban J connectivity index is 1.65. The number of carbonyl (C=O) groups excluding carboxylic acids is 1. The number of aromatic nitrogens is 3. The third-order valence-electron chi connectivity index (χ3n) is 5.24. The molecule has 1 aromatic carbocycles. The van der Waals surface area contributed by atoms with E-state index >= 15 is 0 Å². The fourth-order valence-corrected chi connectivity index (χ4v) is 3.89. The molecule has 1 aliphatic heterocycles. The molecule has 3 heterocycles. The summed E-state index contributed by atoms with van der Waals surface area (Å²) >= 11 is 0. The SMILES string of the molecule is Cc1cc(-c2cn(C)nc2C2CCCCN2C(=O)Cc2cc(F)ccc2F)on1. The molecule has 152 valence electrons. The number of halogens is 2. The zero-order valence-corrected chi connectivity index (χ0v) is 16.4. The second kappa shape index (κ2) is 7.77. The molecular formula is C21H22F2N4O2. The molecule has 8 heteroatoms. The predicted molar refractivity (Wildman–Crippen MR) is 102 cm³/mol. The second-order valence-corrected chi connectivity index (χ2v) is 7.45. The van der Waals surface area contributed by atoms with Gasteiger partial charge < -0.3 is 9.42 Å². The standard InChI is InChI=1S/C21H22F2N4O2/c1-13-9-19(29-25-13)16-12-26(2)24-21(16)18-5-3-4-8-27(18)20(28)11-14-10-15(22)6-7-17(14)23/h6-7,9-10,12,18H,3-5,8,11H2,1-2H3. The van der Waals surface area contributed by atoms with Gasteiger partial charge in [-0.3, -0.25) is 9.48 Å². The van der Waals surface area contributed by atoms with Gasteiger partial charge in [0.1, 0.15) is 11.6 Å². The Morgan fingerprint density at radius 1 is 1.28 bits per heavy atom. The topological polar surface area (TPSA) is 64.2 Å². The fraction of sp³-hybridized carbons (Fsp3) is 0.381. The van der Waals surface area contributed by atoms with Crippen molar-refractivity contribution in [3.8, 4) is 11.3 Å². The number of aryl methyl sites for hydroxylation is 2. The Labute approximate surface area is 167 Å². The molecule has 0 bridgehead atoms. The minimum Gasteiger partial charge on any atom is -0.356 e. The van der Waals surface area contributed by atoms with Gasteiger partial charge in [-0.15, -0.1) is 0 Å². The highest BCUT2D eigenvalue weighted by molar-refractivity contribution is 5.79. The van der Waals surface area contributed by atoms with Gasteiger partial charge in [0, 0.05) is 31.4 Å². The van der Waals surface area contributed by atoms with Crippen molar-refractivity contribution in [3.05, 3.63) is 59.0 Å². The molecule has 0 N–H and O–H groups in total. The van der Waals surface area contributed by atoms with Crippen LogP contribution < -0.4 is 0 Å². The average molecular weight is 400 g/mol. The number of likely N-dealkylation sites (tertiary alicyclic amines) is 1. The van der Waals surface area contributed by atoms with Gasteiger partial charge in [-0.1, -0.05) is 5.16 Å². The van der Waals surface area contributed by atoms with Crippen molar-refractivity contribution in [2.24, 2.45) is 7.05 Å². The molecule has 1 fully saturated rings. The van der Waals surface area contributed by atoms with E-state index in [9.17, 15) is 13.6 Å². The highest BCUT2D eigenvalue weighted by Gasteiger charge is 2.33. The number of rotatable bonds is 4. The van der Waals surface area contributed by atoms with Gasteiger partial charge in [-0.25, -0.2) is 8.78 Å². The lowest BCUT2D eigenvalue weighted by Crippen LogP contribution is -2.40. The highest BCUT2D eigenvalue weighted by Crippen LogP contribution is 2.36. The molecule has 1 saturated heterocycles. The number of hydrogen-bond acceptors (Lipinski definition) is 4. The van der Waals surface area contributed by atoms with Gasteiger partial charge in [0.05, 0.1) is 29.4 Å². The Hall–Kier alpha value is -3.03. The number of hydrogen-bond donors (Lipinski definition) is 0. The zero-order chi connectivity index (χ0) is 20.5. The zero-order valence-electron chi connectivity index (χ0n) is 16.4. The van der Waals surface area contributed by atoms with E-state index in [0.717, 1.165) is 54.4 Å². The first-order valence-electron chi connectivity index (χ1n) is 9.63. The van der Waals surface area contributed by atoms with Crippen molar-refractivity contribution in [2.75, 3.05) is 6.54 Å². The summed E-state index contributed by atoms with van der Waals surface area (Å²) in [6, 6.07) is 4.75. The maximum Gasteiger partial charge on any atom is 0.227 e. The number of nitrogens with zero attached hydrogens (tertiary/aromatic N) is 4. The van der Waals surface area contributed by atoms with Crippen molar-refractivity contribution in [1.29, 1.82) is 0 Å². The van der Waals surface area contributed by atoms with Crippen LogP contribution in [0.1, 0.15) is 42.3 Å². The van der Waals surface area contributed by atoms with Gasteiger partial charge in [-0.2, -0.15) is 5.10 Å². The summed E-state index contributed by atoms with van der Waals surface area (Å²) in [5, 5.41) is 8.54. The first-order valence-corrected chi connectivity index (χ1v) is 9.63. The minimum absolute atomic E-state index is 0.0615. The molecule has 29 heavy (non-hydrogen) atoms. The molecule has 0 aliphatic carbocycles. The second-order valence-electron chi connectivity index (χ2n) is 7.45. The van der Waals surface area contributed by atoms with Crippen LogP contribution in [0.2, 0.25) is 0 Å². The van der Waals surface area contributed by atoms with Gasteiger partial charge >= 0.3 is 0 Å². The molecule has 1 atom stereocenters. The number of amides is 1. The highest BCUT2D eigenvalue weighted by atomic mass is 19.1. The third kappa shape index (κ3) is 3.92. The van der Waals surface area contributed by atoms with E-state index in [1.165, 1.54) is 0 Å². The summed E-state index contributed by atoms with van der Waals surface area (Å²) in [6.45, 7) is 2.39. The third-order valence-corrected chi connectivity index (χ3v) is 5.24. The number of carbonyl (C=O) groups is 1. The largest absolute Gasteiger partial charge is 0.356 e. The smallest absolute Gasteiger partial charge is 0.227 e. The van der Waals surface area contributed by atoms with Crippen LogP contribution in [0.5, 0.6) is 0 Å². The van der Waals surface area contributed by atoms with Crippen LogP contribution in [-0.2, 0) is 18.3 Å². The minimum atomic E-state index is -0.580. The van der Waals surface area contributed by atoms with E-state index in [2.05, 4.69) is 10.3 Å². The summed E-state index contributed by atoms with van der Waals surface area (Å²) in [6.07, 6.45) is 4.21. The summed E-state index contributed by atoms with van der Waals surface area (Å²) < 4.78 is 34.6. The van der Waals surface area contributed by atoms with Crippen LogP contribution in [0.25, 0.3) is 11.3 Å². The van der Waals surface area contributed by atoms with Gasteiger partial charge in [-0.05, 0) is 44.4 Å². The van der Waals surface area contributed by atoms with Crippen LogP contribution in [0.4, 0.5) is 8.78 Å². The Kier molecular flexibility index (Phi) is 5.17. The van der Waals surface area contributed by atoms with Crippen LogP contribution in [0.3, 0.4) is 0 Å². The Morgan fingerprint density at radius 2 is 2.10 bits per heavy atom. The van der Waals surface area contributed by atoms with Crippen molar-refractivity contribution in [3.63, 3.8) is 0 Å². The molecule has 2 aromatic heterocycles. The molecular weight excluding hydrogens is 378 g/mol. The summed E-state index contributed by atoms with van der Waals surface area (Å²) in [5.74, 6) is -0.787. The maximum atomic E-state index is 14.0. The van der Waals surface area contributed by atoms with Gasteiger partial charge in [0.2, 0.25) is 5.91 Å². The van der Waals surface area contributed by atoms with Crippen LogP contribution in [0.15, 0.2) is 35.0 Å². The lowest BCUT2D eigenvalue weighted by atomic mass is 9.95. The monoisotopic (exact) mass is 400 g/mol. The summed E-state index contributed by atoms with van der Waals surface area (Å²) in [7, 11) is 1.81. The van der Waals surface area contributed by atoms with Gasteiger partial charge in [0.25, 0.3) is 0 Å². The lowest BCUT2D eigenvalue weighted by Gasteiger charge is -2.35. The van der Waals surface area contributed by atoms with Crippen LogP contribution in [0, 0.1) is 18.6 Å². The van der Waals surface area contributed by atoms with Crippen molar-refractivity contribution >= 4 is 5.91 Å². The molecule has 0 saturated carbocycles. The van der Waals surface area contributed by atoms with Crippen molar-refractivity contribution in [1.82, 2.24) is 19.8 Å². The predicted octanol–water partition coefficient (Wildman–Crippen LogP) is 3.96. The van der Waals surface area contributed by atoms with Crippen LogP contribution >= 0.6 is 0 Å². The molecule has 0 spiro atoms. The Bertz CT molecular complexity index is 1040. The quantitative estimate of drug-likeness (QED) is 0.665. The van der Waals surface area contributed by atoms with E-state index in [-0.39, 0.29) is 23.9 Å². The molecule has 1 unspecified atom stereocenters. The first kappa shape index (κ1) is 19.3. The van der Waals surface area contributed by atoms with E-state index in [0.29, 0.717) is 12.3 Å². The summed E-state index contributed by atoms with van der Waals surface area (Å²) in [5.41, 5.74) is 2.34. The lowest BCUT2D eigenvalue weighted by molar-refractivity contribution is -0.134. The van der Waals surface area contributed by atoms with Gasteiger partial charge in [0.15, 0.2) is 5.76 Å². The van der Waals surface area contributed by atoms with Crippen LogP contribution in [-0.4, -0.2) is 32.3 Å². The molecule has 0 radical (unpaired) electrons. The molecule has 1 aliphatic rings. The fourth-order valence-electron chi connectivity index (χ4n) is 3.89. The summed E-state index contributed by atoms with van der Waals surface area (Å²) in [4.78, 5) is 14.8. The first-order chi connectivity index (χ1) is 13.9. The van der Waals surface area contributed by atoms with E-state index < -0.39 is 11.6 Å². The van der Waals surface area contributed by atoms with E-state index in [1.54, 1.807) is 9.58 Å². The van der Waals surface area contributed by atoms with Crippen molar-refractivity contribution < 1.29 is 18.1 Å². The van der Waals surface area contributed by atoms with Crippen molar-refractivity contribution in [2.45, 2.75) is 38.6 Å².